The van der Waals surface area contributed by atoms with Gasteiger partial charge in [0.1, 0.15) is 5.60 Å². The van der Waals surface area contributed by atoms with Gasteiger partial charge in [-0.25, -0.2) is 0 Å². The SMILES string of the molecule is C1=CC23CN(c4ccccc4)CC2CC1O3. The largest absolute Gasteiger partial charge is 0.368 e. The van der Waals surface area contributed by atoms with Crippen molar-refractivity contribution < 1.29 is 4.74 Å². The number of para-hydroxylation sites is 1. The van der Waals surface area contributed by atoms with Gasteiger partial charge in [0.15, 0.2) is 0 Å². The highest BCUT2D eigenvalue weighted by atomic mass is 16.5. The maximum absolute atomic E-state index is 6.08. The third-order valence-electron chi connectivity index (χ3n) is 4.17. The van der Waals surface area contributed by atoms with Gasteiger partial charge in [-0.2, -0.15) is 0 Å². The first-order valence-electron chi connectivity index (χ1n) is 6.03. The standard InChI is InChI=1S/C14H15NO/c1-2-4-12(5-3-1)15-9-11-8-13-6-7-14(11,10-15)16-13/h1-7,11,13H,8-10H2. The molecule has 3 aliphatic heterocycles. The number of nitrogens with zero attached hydrogens (tertiary/aromatic N) is 1. The first-order valence-corrected chi connectivity index (χ1v) is 6.03. The molecule has 1 aromatic carbocycles. The predicted octanol–water partition coefficient (Wildman–Crippen LogP) is 2.22. The number of rotatable bonds is 1. The van der Waals surface area contributed by atoms with Gasteiger partial charge in [0.05, 0.1) is 12.6 Å². The van der Waals surface area contributed by atoms with Gasteiger partial charge in [-0.3, -0.25) is 0 Å². The average Bonchev–Trinajstić information content (AvgIpc) is 2.96. The number of benzene rings is 1. The van der Waals surface area contributed by atoms with Gasteiger partial charge in [0.25, 0.3) is 0 Å². The van der Waals surface area contributed by atoms with Gasteiger partial charge < -0.3 is 9.64 Å². The molecule has 3 aliphatic rings. The fraction of sp³-hybridized carbons (Fsp3) is 0.429. The van der Waals surface area contributed by atoms with Gasteiger partial charge in [-0.15, -0.1) is 0 Å². The molecule has 1 aromatic rings. The van der Waals surface area contributed by atoms with Crippen LogP contribution in [0.25, 0.3) is 0 Å². The summed E-state index contributed by atoms with van der Waals surface area (Å²) in [5.74, 6) is 0.697. The molecular weight excluding hydrogens is 198 g/mol. The van der Waals surface area contributed by atoms with Crippen LogP contribution < -0.4 is 4.90 Å². The third kappa shape index (κ3) is 1.05. The molecule has 0 amide bonds. The molecule has 4 rings (SSSR count). The van der Waals surface area contributed by atoms with Crippen molar-refractivity contribution in [3.63, 3.8) is 0 Å². The molecule has 3 atom stereocenters. The zero-order chi connectivity index (χ0) is 10.6. The molecule has 2 bridgehead atoms. The summed E-state index contributed by atoms with van der Waals surface area (Å²) in [6, 6.07) is 10.7. The predicted molar refractivity (Wildman–Crippen MR) is 63.5 cm³/mol. The summed E-state index contributed by atoms with van der Waals surface area (Å²) in [5, 5.41) is 0. The lowest BCUT2D eigenvalue weighted by molar-refractivity contribution is 0.0351. The minimum atomic E-state index is 0.0422. The summed E-state index contributed by atoms with van der Waals surface area (Å²) in [7, 11) is 0. The van der Waals surface area contributed by atoms with E-state index in [4.69, 9.17) is 4.74 Å². The second-order valence-electron chi connectivity index (χ2n) is 5.12. The minimum absolute atomic E-state index is 0.0422. The molecule has 3 heterocycles. The lowest BCUT2D eigenvalue weighted by Crippen LogP contribution is -2.33. The molecule has 0 saturated carbocycles. The zero-order valence-electron chi connectivity index (χ0n) is 9.17. The monoisotopic (exact) mass is 213 g/mol. The molecule has 0 aromatic heterocycles. The fourth-order valence-corrected chi connectivity index (χ4v) is 3.38. The van der Waals surface area contributed by atoms with Crippen LogP contribution in [0.5, 0.6) is 0 Å². The van der Waals surface area contributed by atoms with Gasteiger partial charge in [0.2, 0.25) is 0 Å². The number of hydrogen-bond acceptors (Lipinski definition) is 2. The minimum Gasteiger partial charge on any atom is -0.368 e. The van der Waals surface area contributed by atoms with Gasteiger partial charge in [-0.1, -0.05) is 30.4 Å². The Balaban J connectivity index is 1.65. The van der Waals surface area contributed by atoms with Crippen molar-refractivity contribution in [3.8, 4) is 0 Å². The Bertz CT molecular complexity index is 441. The summed E-state index contributed by atoms with van der Waals surface area (Å²) < 4.78 is 6.08. The van der Waals surface area contributed by atoms with Gasteiger partial charge >= 0.3 is 0 Å². The normalized spacial score (nSPS) is 39.4. The Morgan fingerprint density at radius 1 is 1.25 bits per heavy atom. The van der Waals surface area contributed by atoms with Gasteiger partial charge in [-0.05, 0) is 18.6 Å². The lowest BCUT2D eigenvalue weighted by atomic mass is 9.86. The smallest absolute Gasteiger partial charge is 0.109 e. The average molecular weight is 213 g/mol. The molecule has 3 unspecified atom stereocenters. The van der Waals surface area contributed by atoms with Crippen LogP contribution >= 0.6 is 0 Å². The van der Waals surface area contributed by atoms with E-state index in [9.17, 15) is 0 Å². The summed E-state index contributed by atoms with van der Waals surface area (Å²) >= 11 is 0. The number of fused-ring (bicyclic) bond motifs is 1. The van der Waals surface area contributed by atoms with E-state index < -0.39 is 0 Å². The Labute approximate surface area is 95.5 Å². The second kappa shape index (κ2) is 2.89. The maximum Gasteiger partial charge on any atom is 0.109 e. The summed E-state index contributed by atoms with van der Waals surface area (Å²) in [4.78, 5) is 2.45. The highest BCUT2D eigenvalue weighted by molar-refractivity contribution is 5.50. The van der Waals surface area contributed by atoms with Crippen LogP contribution in [0.15, 0.2) is 42.5 Å². The molecule has 2 nitrogen and oxygen atoms in total. The fourth-order valence-electron chi connectivity index (χ4n) is 3.38. The Hall–Kier alpha value is -1.28. The number of anilines is 1. The van der Waals surface area contributed by atoms with Crippen LogP contribution in [0.2, 0.25) is 0 Å². The van der Waals surface area contributed by atoms with Crippen LogP contribution in [0.3, 0.4) is 0 Å². The number of hydrogen-bond donors (Lipinski definition) is 0. The number of ether oxygens (including phenoxy) is 1. The van der Waals surface area contributed by atoms with Gasteiger partial charge in [0, 0.05) is 18.2 Å². The topological polar surface area (TPSA) is 12.5 Å². The second-order valence-corrected chi connectivity index (χ2v) is 5.12. The van der Waals surface area contributed by atoms with Crippen molar-refractivity contribution >= 4 is 5.69 Å². The molecule has 1 spiro atoms. The Morgan fingerprint density at radius 3 is 2.88 bits per heavy atom. The molecule has 16 heavy (non-hydrogen) atoms. The van der Waals surface area contributed by atoms with Crippen molar-refractivity contribution in [2.24, 2.45) is 5.92 Å². The highest BCUT2D eigenvalue weighted by Crippen LogP contribution is 2.48. The van der Waals surface area contributed by atoms with Crippen LogP contribution in [0.4, 0.5) is 5.69 Å². The lowest BCUT2D eigenvalue weighted by Gasteiger charge is -2.23. The summed E-state index contributed by atoms with van der Waals surface area (Å²) in [6.45, 7) is 2.17. The van der Waals surface area contributed by atoms with E-state index in [1.165, 1.54) is 12.1 Å². The molecular formula is C14H15NO. The molecule has 82 valence electrons. The van der Waals surface area contributed by atoms with Crippen molar-refractivity contribution in [2.45, 2.75) is 18.1 Å². The van der Waals surface area contributed by atoms with Crippen molar-refractivity contribution in [2.75, 3.05) is 18.0 Å². The summed E-state index contributed by atoms with van der Waals surface area (Å²) in [5.41, 5.74) is 1.37. The Morgan fingerprint density at radius 2 is 2.12 bits per heavy atom. The highest BCUT2D eigenvalue weighted by Gasteiger charge is 2.55. The first-order chi connectivity index (χ1) is 7.86. The third-order valence-corrected chi connectivity index (χ3v) is 4.17. The van der Waals surface area contributed by atoms with Crippen molar-refractivity contribution in [1.82, 2.24) is 0 Å². The molecule has 2 saturated heterocycles. The first kappa shape index (κ1) is 8.82. The molecule has 0 aliphatic carbocycles. The van der Waals surface area contributed by atoms with E-state index in [0.29, 0.717) is 12.0 Å². The zero-order valence-corrected chi connectivity index (χ0v) is 9.17. The van der Waals surface area contributed by atoms with Crippen molar-refractivity contribution in [3.05, 3.63) is 42.5 Å². The van der Waals surface area contributed by atoms with E-state index in [2.05, 4.69) is 47.4 Å². The van der Waals surface area contributed by atoms with E-state index >= 15 is 0 Å². The van der Waals surface area contributed by atoms with Crippen LogP contribution in [0.1, 0.15) is 6.42 Å². The van der Waals surface area contributed by atoms with E-state index in [1.807, 2.05) is 0 Å². The summed E-state index contributed by atoms with van der Waals surface area (Å²) in [6.07, 6.45) is 6.16. The van der Waals surface area contributed by atoms with E-state index in [0.717, 1.165) is 13.1 Å². The van der Waals surface area contributed by atoms with E-state index in [1.54, 1.807) is 0 Å². The molecule has 0 radical (unpaired) electrons. The Kier molecular flexibility index (Phi) is 1.59. The molecule has 2 heteroatoms. The van der Waals surface area contributed by atoms with Crippen LogP contribution in [-0.4, -0.2) is 24.8 Å². The van der Waals surface area contributed by atoms with E-state index in [-0.39, 0.29) is 5.60 Å². The van der Waals surface area contributed by atoms with Crippen LogP contribution in [-0.2, 0) is 4.74 Å². The molecule has 0 N–H and O–H groups in total. The van der Waals surface area contributed by atoms with Crippen LogP contribution in [0, 0.1) is 5.92 Å². The van der Waals surface area contributed by atoms with Crippen molar-refractivity contribution in [1.29, 1.82) is 0 Å². The maximum atomic E-state index is 6.08. The quantitative estimate of drug-likeness (QED) is 0.663. The molecule has 2 fully saturated rings.